The Hall–Kier alpha value is -1.44. The Morgan fingerprint density at radius 2 is 2.08 bits per heavy atom. The molecule has 2 saturated heterocycles. The number of likely N-dealkylation sites (tertiary alicyclic amines) is 1. The van der Waals surface area contributed by atoms with E-state index < -0.39 is 5.60 Å². The molecule has 140 valence electrons. The maximum atomic E-state index is 12.9. The van der Waals surface area contributed by atoms with E-state index in [9.17, 15) is 9.90 Å². The normalized spacial score (nSPS) is 25.1. The van der Waals surface area contributed by atoms with Crippen LogP contribution >= 0.6 is 0 Å². The van der Waals surface area contributed by atoms with Gasteiger partial charge < -0.3 is 14.7 Å². The standard InChI is InChI=1S/C18H30N4O3/c1-14(2)10-15-11-16(20(3)19-15)17(23)22-5-4-18(24,13-22)12-21-6-8-25-9-7-21/h11,14,24H,4-10,12-13H2,1-3H3/t18-/m1/s1. The summed E-state index contributed by atoms with van der Waals surface area (Å²) < 4.78 is 7.03. The maximum absolute atomic E-state index is 12.9. The van der Waals surface area contributed by atoms with Gasteiger partial charge in [-0.15, -0.1) is 0 Å². The molecule has 2 aliphatic heterocycles. The first-order valence-electron chi connectivity index (χ1n) is 9.21. The van der Waals surface area contributed by atoms with Crippen LogP contribution in [0.4, 0.5) is 0 Å². The lowest BCUT2D eigenvalue weighted by Gasteiger charge is -2.33. The Bertz CT molecular complexity index is 609. The van der Waals surface area contributed by atoms with Gasteiger partial charge in [-0.2, -0.15) is 5.10 Å². The summed E-state index contributed by atoms with van der Waals surface area (Å²) in [5.74, 6) is 0.464. The molecule has 0 spiro atoms. The molecule has 2 aliphatic rings. The molecule has 0 aromatic carbocycles. The van der Waals surface area contributed by atoms with E-state index in [2.05, 4.69) is 23.8 Å². The van der Waals surface area contributed by atoms with Crippen LogP contribution < -0.4 is 0 Å². The van der Waals surface area contributed by atoms with Gasteiger partial charge >= 0.3 is 0 Å². The number of β-amino-alcohol motifs (C(OH)–C–C–N with tert-alkyl or cyclic N) is 1. The Kier molecular flexibility index (Phi) is 5.46. The molecule has 2 fully saturated rings. The number of rotatable bonds is 5. The van der Waals surface area contributed by atoms with Crippen molar-refractivity contribution in [2.24, 2.45) is 13.0 Å². The van der Waals surface area contributed by atoms with E-state index in [4.69, 9.17) is 4.74 Å². The minimum atomic E-state index is -0.827. The number of hydrogen-bond donors (Lipinski definition) is 1. The zero-order valence-corrected chi connectivity index (χ0v) is 15.6. The Labute approximate surface area is 149 Å². The quantitative estimate of drug-likeness (QED) is 0.839. The van der Waals surface area contributed by atoms with Crippen LogP contribution in [0.5, 0.6) is 0 Å². The number of nitrogens with zero attached hydrogens (tertiary/aromatic N) is 4. The lowest BCUT2D eigenvalue weighted by molar-refractivity contribution is -0.0257. The summed E-state index contributed by atoms with van der Waals surface area (Å²) in [6.07, 6.45) is 1.48. The molecule has 0 aliphatic carbocycles. The van der Waals surface area contributed by atoms with E-state index in [0.29, 0.717) is 50.9 Å². The second-order valence-electron chi connectivity index (χ2n) is 7.83. The average Bonchev–Trinajstić information content (AvgIpc) is 3.10. The van der Waals surface area contributed by atoms with Gasteiger partial charge in [0.2, 0.25) is 0 Å². The predicted molar refractivity (Wildman–Crippen MR) is 94.5 cm³/mol. The molecule has 3 heterocycles. The molecular weight excluding hydrogens is 320 g/mol. The average molecular weight is 350 g/mol. The Morgan fingerprint density at radius 3 is 2.76 bits per heavy atom. The predicted octanol–water partition coefficient (Wildman–Crippen LogP) is 0.528. The van der Waals surface area contributed by atoms with Crippen molar-refractivity contribution in [3.05, 3.63) is 17.5 Å². The van der Waals surface area contributed by atoms with Gasteiger partial charge in [0.25, 0.3) is 5.91 Å². The monoisotopic (exact) mass is 350 g/mol. The fourth-order valence-electron chi connectivity index (χ4n) is 3.74. The molecule has 0 bridgehead atoms. The number of carbonyl (C=O) groups excluding carboxylic acids is 1. The first-order chi connectivity index (χ1) is 11.9. The second kappa shape index (κ2) is 7.43. The van der Waals surface area contributed by atoms with Crippen LogP contribution in [0.1, 0.15) is 36.5 Å². The highest BCUT2D eigenvalue weighted by atomic mass is 16.5. The molecule has 1 atom stereocenters. The van der Waals surface area contributed by atoms with E-state index >= 15 is 0 Å². The molecule has 1 aromatic rings. The number of hydrogen-bond acceptors (Lipinski definition) is 5. The molecule has 1 aromatic heterocycles. The highest BCUT2D eigenvalue weighted by Crippen LogP contribution is 2.25. The number of amides is 1. The van der Waals surface area contributed by atoms with Gasteiger partial charge in [0.15, 0.2) is 0 Å². The summed E-state index contributed by atoms with van der Waals surface area (Å²) in [5.41, 5.74) is 0.724. The zero-order chi connectivity index (χ0) is 18.0. The van der Waals surface area contributed by atoms with Crippen LogP contribution in [-0.4, -0.2) is 82.1 Å². The third-order valence-corrected chi connectivity index (χ3v) is 5.01. The summed E-state index contributed by atoms with van der Waals surface area (Å²) in [4.78, 5) is 16.9. The fourth-order valence-corrected chi connectivity index (χ4v) is 3.74. The lowest BCUT2D eigenvalue weighted by Crippen LogP contribution is -2.49. The summed E-state index contributed by atoms with van der Waals surface area (Å²) in [7, 11) is 1.81. The SMILES string of the molecule is CC(C)Cc1cc(C(=O)N2CC[C@@](O)(CN3CCOCC3)C2)n(C)n1. The molecule has 0 radical (unpaired) electrons. The Morgan fingerprint density at radius 1 is 1.36 bits per heavy atom. The molecule has 7 heteroatoms. The van der Waals surface area contributed by atoms with Gasteiger partial charge in [-0.1, -0.05) is 13.8 Å². The maximum Gasteiger partial charge on any atom is 0.272 e. The van der Waals surface area contributed by atoms with Crippen molar-refractivity contribution >= 4 is 5.91 Å². The molecule has 0 unspecified atom stereocenters. The third-order valence-electron chi connectivity index (χ3n) is 5.01. The number of aromatic nitrogens is 2. The van der Waals surface area contributed by atoms with Crippen LogP contribution in [0, 0.1) is 5.92 Å². The van der Waals surface area contributed by atoms with Crippen LogP contribution in [0.25, 0.3) is 0 Å². The van der Waals surface area contributed by atoms with E-state index in [0.717, 1.165) is 25.2 Å². The smallest absolute Gasteiger partial charge is 0.272 e. The molecule has 7 nitrogen and oxygen atoms in total. The molecule has 25 heavy (non-hydrogen) atoms. The zero-order valence-electron chi connectivity index (χ0n) is 15.6. The van der Waals surface area contributed by atoms with Gasteiger partial charge in [-0.05, 0) is 24.8 Å². The van der Waals surface area contributed by atoms with E-state index in [1.807, 2.05) is 13.1 Å². The van der Waals surface area contributed by atoms with Crippen LogP contribution in [0.15, 0.2) is 6.07 Å². The van der Waals surface area contributed by atoms with Crippen LogP contribution in [0.2, 0.25) is 0 Å². The first kappa shape index (κ1) is 18.4. The van der Waals surface area contributed by atoms with E-state index in [1.165, 1.54) is 0 Å². The minimum Gasteiger partial charge on any atom is -0.387 e. The number of aliphatic hydroxyl groups is 1. The number of aryl methyl sites for hydroxylation is 1. The van der Waals surface area contributed by atoms with E-state index in [1.54, 1.807) is 9.58 Å². The third kappa shape index (κ3) is 4.40. The van der Waals surface area contributed by atoms with Crippen LogP contribution in [0.3, 0.4) is 0 Å². The molecule has 1 N–H and O–H groups in total. The van der Waals surface area contributed by atoms with Gasteiger partial charge in [-0.25, -0.2) is 0 Å². The van der Waals surface area contributed by atoms with Crippen LogP contribution in [-0.2, 0) is 18.2 Å². The lowest BCUT2D eigenvalue weighted by atomic mass is 10.0. The van der Waals surface area contributed by atoms with Gasteiger partial charge in [0.05, 0.1) is 31.1 Å². The highest BCUT2D eigenvalue weighted by molar-refractivity contribution is 5.93. The van der Waals surface area contributed by atoms with Crippen molar-refractivity contribution in [2.45, 2.75) is 32.3 Å². The molecule has 0 saturated carbocycles. The van der Waals surface area contributed by atoms with Gasteiger partial charge in [0, 0.05) is 33.2 Å². The summed E-state index contributed by atoms with van der Waals surface area (Å²) in [6, 6.07) is 1.89. The summed E-state index contributed by atoms with van der Waals surface area (Å²) in [6.45, 7) is 8.97. The largest absolute Gasteiger partial charge is 0.387 e. The van der Waals surface area contributed by atoms with Crippen molar-refractivity contribution in [1.29, 1.82) is 0 Å². The second-order valence-corrected chi connectivity index (χ2v) is 7.83. The van der Waals surface area contributed by atoms with Gasteiger partial charge in [0.1, 0.15) is 5.69 Å². The van der Waals surface area contributed by atoms with Crippen molar-refractivity contribution < 1.29 is 14.6 Å². The minimum absolute atomic E-state index is 0.0390. The fraction of sp³-hybridized carbons (Fsp3) is 0.778. The van der Waals surface area contributed by atoms with E-state index in [-0.39, 0.29) is 5.91 Å². The van der Waals surface area contributed by atoms with Crippen molar-refractivity contribution in [1.82, 2.24) is 19.6 Å². The number of morpholine rings is 1. The first-order valence-corrected chi connectivity index (χ1v) is 9.21. The summed E-state index contributed by atoms with van der Waals surface area (Å²) in [5, 5.41) is 15.4. The number of ether oxygens (including phenoxy) is 1. The molecule has 1 amide bonds. The Balaban J connectivity index is 1.63. The van der Waals surface area contributed by atoms with Gasteiger partial charge in [-0.3, -0.25) is 14.4 Å². The van der Waals surface area contributed by atoms with Crippen molar-refractivity contribution in [3.8, 4) is 0 Å². The molecule has 3 rings (SSSR count). The summed E-state index contributed by atoms with van der Waals surface area (Å²) >= 11 is 0. The topological polar surface area (TPSA) is 70.8 Å². The highest BCUT2D eigenvalue weighted by Gasteiger charge is 2.40. The number of carbonyl (C=O) groups is 1. The van der Waals surface area contributed by atoms with Crippen molar-refractivity contribution in [2.75, 3.05) is 45.9 Å². The van der Waals surface area contributed by atoms with Crippen molar-refractivity contribution in [3.63, 3.8) is 0 Å². The molecular formula is C18H30N4O3.